The average molecular weight is 292 g/mol. The van der Waals surface area contributed by atoms with Gasteiger partial charge in [0.15, 0.2) is 0 Å². The Morgan fingerprint density at radius 1 is 1.39 bits per heavy atom. The van der Waals surface area contributed by atoms with E-state index in [1.807, 2.05) is 13.8 Å². The number of carbonyl (C=O) groups is 1. The van der Waals surface area contributed by atoms with Crippen molar-refractivity contribution < 1.29 is 9.53 Å². The summed E-state index contributed by atoms with van der Waals surface area (Å²) in [4.78, 5) is 19.4. The Balaban J connectivity index is 3.03. The molecule has 0 saturated heterocycles. The summed E-state index contributed by atoms with van der Waals surface area (Å²) in [6.07, 6.45) is 0.0128. The second-order valence-corrected chi connectivity index (χ2v) is 4.59. The number of esters is 1. The fourth-order valence-electron chi connectivity index (χ4n) is 1.34. The molecule has 0 fully saturated rings. The maximum absolute atomic E-state index is 11.5. The third kappa shape index (κ3) is 4.31. The normalized spacial score (nSPS) is 10.6. The van der Waals surface area contributed by atoms with Crippen LogP contribution in [0.2, 0.25) is 10.4 Å². The van der Waals surface area contributed by atoms with Crippen LogP contribution in [-0.4, -0.2) is 28.6 Å². The van der Waals surface area contributed by atoms with Gasteiger partial charge in [0.25, 0.3) is 0 Å². The Morgan fingerprint density at radius 2 is 2.06 bits per heavy atom. The lowest BCUT2D eigenvalue weighted by Crippen LogP contribution is -2.16. The first-order valence-corrected chi connectivity index (χ1v) is 6.33. The lowest BCUT2D eigenvalue weighted by atomic mass is 10.2. The van der Waals surface area contributed by atoms with Crippen molar-refractivity contribution in [2.24, 2.45) is 0 Å². The molecule has 0 aliphatic rings. The monoisotopic (exact) mass is 291 g/mol. The fourth-order valence-corrected chi connectivity index (χ4v) is 1.79. The zero-order valence-corrected chi connectivity index (χ0v) is 12.0. The number of anilines is 1. The van der Waals surface area contributed by atoms with Gasteiger partial charge in [0.1, 0.15) is 11.0 Å². The van der Waals surface area contributed by atoms with Gasteiger partial charge in [0.05, 0.1) is 13.0 Å². The van der Waals surface area contributed by atoms with Crippen molar-refractivity contribution in [1.82, 2.24) is 9.97 Å². The summed E-state index contributed by atoms with van der Waals surface area (Å²) in [5.41, 5.74) is 0.494. The standard InChI is InChI=1S/C11H15Cl2N3O2/c1-4-18-8(17)5-7-9(12)15-11(13)16-10(7)14-6(2)3/h6H,4-5H2,1-3H3,(H,14,15,16). The largest absolute Gasteiger partial charge is 0.466 e. The average Bonchev–Trinajstić information content (AvgIpc) is 2.22. The quantitative estimate of drug-likeness (QED) is 0.513. The van der Waals surface area contributed by atoms with E-state index in [1.165, 1.54) is 0 Å². The van der Waals surface area contributed by atoms with Crippen LogP contribution >= 0.6 is 23.2 Å². The Morgan fingerprint density at radius 3 is 2.61 bits per heavy atom. The first-order chi connectivity index (χ1) is 8.43. The molecule has 0 atom stereocenters. The van der Waals surface area contributed by atoms with Gasteiger partial charge in [-0.1, -0.05) is 11.6 Å². The van der Waals surface area contributed by atoms with Gasteiger partial charge >= 0.3 is 5.97 Å². The van der Waals surface area contributed by atoms with Gasteiger partial charge in [-0.15, -0.1) is 0 Å². The molecule has 5 nitrogen and oxygen atoms in total. The summed E-state index contributed by atoms with van der Waals surface area (Å²) in [5.74, 6) is 0.0835. The van der Waals surface area contributed by atoms with E-state index >= 15 is 0 Å². The molecule has 1 N–H and O–H groups in total. The molecule has 0 saturated carbocycles. The molecule has 100 valence electrons. The van der Waals surface area contributed by atoms with Gasteiger partial charge in [-0.05, 0) is 32.4 Å². The molecule has 0 radical (unpaired) electrons. The van der Waals surface area contributed by atoms with E-state index in [-0.39, 0.29) is 28.9 Å². The highest BCUT2D eigenvalue weighted by Gasteiger charge is 2.17. The van der Waals surface area contributed by atoms with Crippen molar-refractivity contribution in [2.75, 3.05) is 11.9 Å². The second kappa shape index (κ2) is 6.75. The Hall–Kier alpha value is -1.07. The number of nitrogens with one attached hydrogen (secondary N) is 1. The van der Waals surface area contributed by atoms with Crippen molar-refractivity contribution >= 4 is 35.0 Å². The molecule has 0 aromatic carbocycles. The van der Waals surface area contributed by atoms with E-state index < -0.39 is 0 Å². The highest BCUT2D eigenvalue weighted by Crippen LogP contribution is 2.24. The Bertz CT molecular complexity index is 439. The molecule has 0 unspecified atom stereocenters. The summed E-state index contributed by atoms with van der Waals surface area (Å²) in [7, 11) is 0. The van der Waals surface area contributed by atoms with Crippen molar-refractivity contribution in [3.63, 3.8) is 0 Å². The summed E-state index contributed by atoms with van der Waals surface area (Å²) >= 11 is 11.7. The van der Waals surface area contributed by atoms with Gasteiger partial charge in [-0.25, -0.2) is 9.97 Å². The van der Waals surface area contributed by atoms with Crippen LogP contribution < -0.4 is 5.32 Å². The molecule has 0 amide bonds. The van der Waals surface area contributed by atoms with Crippen molar-refractivity contribution in [3.8, 4) is 0 Å². The maximum atomic E-state index is 11.5. The summed E-state index contributed by atoms with van der Waals surface area (Å²) in [6.45, 7) is 5.94. The van der Waals surface area contributed by atoms with Crippen LogP contribution in [0.15, 0.2) is 0 Å². The van der Waals surface area contributed by atoms with Gasteiger partial charge in [-0.3, -0.25) is 4.79 Å². The van der Waals surface area contributed by atoms with Gasteiger partial charge < -0.3 is 10.1 Å². The smallest absolute Gasteiger partial charge is 0.310 e. The number of carbonyl (C=O) groups excluding carboxylic acids is 1. The number of nitrogens with zero attached hydrogens (tertiary/aromatic N) is 2. The number of rotatable bonds is 5. The molecule has 0 bridgehead atoms. The lowest BCUT2D eigenvalue weighted by Gasteiger charge is -2.14. The zero-order valence-electron chi connectivity index (χ0n) is 10.5. The summed E-state index contributed by atoms with van der Waals surface area (Å²) in [5, 5.41) is 3.27. The topological polar surface area (TPSA) is 64.1 Å². The first-order valence-electron chi connectivity index (χ1n) is 5.58. The number of ether oxygens (including phenoxy) is 1. The SMILES string of the molecule is CCOC(=O)Cc1c(Cl)nc(Cl)nc1NC(C)C. The number of halogens is 2. The lowest BCUT2D eigenvalue weighted by molar-refractivity contribution is -0.142. The molecule has 0 aliphatic carbocycles. The third-order valence-corrected chi connectivity index (χ3v) is 2.46. The number of hydrogen-bond acceptors (Lipinski definition) is 5. The van der Waals surface area contributed by atoms with Crippen LogP contribution in [0.1, 0.15) is 26.3 Å². The molecule has 1 aromatic rings. The van der Waals surface area contributed by atoms with Crippen LogP contribution in [0.4, 0.5) is 5.82 Å². The molecular formula is C11H15Cl2N3O2. The van der Waals surface area contributed by atoms with E-state index in [4.69, 9.17) is 27.9 Å². The van der Waals surface area contributed by atoms with E-state index in [0.717, 1.165) is 0 Å². The van der Waals surface area contributed by atoms with E-state index in [9.17, 15) is 4.79 Å². The molecular weight excluding hydrogens is 277 g/mol. The predicted octanol–water partition coefficient (Wildman–Crippen LogP) is 2.71. The predicted molar refractivity (Wildman–Crippen MR) is 71.1 cm³/mol. The molecule has 0 spiro atoms. The molecule has 1 aromatic heterocycles. The second-order valence-electron chi connectivity index (χ2n) is 3.89. The van der Waals surface area contributed by atoms with Crippen LogP contribution in [0.25, 0.3) is 0 Å². The number of aromatic nitrogens is 2. The van der Waals surface area contributed by atoms with E-state index in [0.29, 0.717) is 18.0 Å². The van der Waals surface area contributed by atoms with Crippen LogP contribution in [0.5, 0.6) is 0 Å². The summed E-state index contributed by atoms with van der Waals surface area (Å²) < 4.78 is 4.88. The van der Waals surface area contributed by atoms with Crippen LogP contribution in [0.3, 0.4) is 0 Å². The van der Waals surface area contributed by atoms with E-state index in [1.54, 1.807) is 6.92 Å². The molecule has 1 heterocycles. The minimum atomic E-state index is -0.378. The molecule has 18 heavy (non-hydrogen) atoms. The Labute approximate surface area is 116 Å². The zero-order chi connectivity index (χ0) is 13.7. The van der Waals surface area contributed by atoms with Crippen molar-refractivity contribution in [3.05, 3.63) is 16.0 Å². The van der Waals surface area contributed by atoms with Crippen molar-refractivity contribution in [2.45, 2.75) is 33.2 Å². The highest BCUT2D eigenvalue weighted by atomic mass is 35.5. The van der Waals surface area contributed by atoms with Gasteiger partial charge in [0, 0.05) is 11.6 Å². The number of hydrogen-bond donors (Lipinski definition) is 1. The molecule has 1 rings (SSSR count). The molecule has 0 aliphatic heterocycles. The van der Waals surface area contributed by atoms with E-state index in [2.05, 4.69) is 15.3 Å². The maximum Gasteiger partial charge on any atom is 0.310 e. The van der Waals surface area contributed by atoms with Crippen LogP contribution in [-0.2, 0) is 16.0 Å². The third-order valence-electron chi connectivity index (χ3n) is 1.98. The van der Waals surface area contributed by atoms with Gasteiger partial charge in [-0.2, -0.15) is 0 Å². The highest BCUT2D eigenvalue weighted by molar-refractivity contribution is 6.32. The van der Waals surface area contributed by atoms with Gasteiger partial charge in [0.2, 0.25) is 5.28 Å². The molecule has 7 heteroatoms. The van der Waals surface area contributed by atoms with Crippen LogP contribution in [0, 0.1) is 0 Å². The summed E-state index contributed by atoms with van der Waals surface area (Å²) in [6, 6.07) is 0.132. The van der Waals surface area contributed by atoms with Crippen molar-refractivity contribution in [1.29, 1.82) is 0 Å². The Kier molecular flexibility index (Phi) is 5.62. The minimum absolute atomic E-state index is 0.0128. The fraction of sp³-hybridized carbons (Fsp3) is 0.545. The minimum Gasteiger partial charge on any atom is -0.466 e. The first kappa shape index (κ1) is 15.0.